The van der Waals surface area contributed by atoms with Gasteiger partial charge in [-0.2, -0.15) is 25.2 Å². The number of likely N-dealkylation sites (tertiary alicyclic amines) is 4. The summed E-state index contributed by atoms with van der Waals surface area (Å²) in [5, 5.41) is 16.5. The first-order valence-corrected chi connectivity index (χ1v) is 39.0. The third kappa shape index (κ3) is 16.4. The number of piperidine rings is 4. The first kappa shape index (κ1) is 77.0. The summed E-state index contributed by atoms with van der Waals surface area (Å²) in [6.07, 6.45) is 32.0. The summed E-state index contributed by atoms with van der Waals surface area (Å²) >= 11 is 0. The Labute approximate surface area is 674 Å². The summed E-state index contributed by atoms with van der Waals surface area (Å²) in [7, 11) is 0. The molecule has 600 valence electrons. The highest BCUT2D eigenvalue weighted by Crippen LogP contribution is 2.45. The molecule has 34 heteroatoms. The highest BCUT2D eigenvalue weighted by molar-refractivity contribution is 6.02. The molecule has 118 heavy (non-hydrogen) atoms. The van der Waals surface area contributed by atoms with Gasteiger partial charge in [0.15, 0.2) is 17.3 Å². The molecule has 20 rings (SSSR count). The Morgan fingerprint density at radius 2 is 0.729 bits per heavy atom. The maximum absolute atomic E-state index is 14.7. The van der Waals surface area contributed by atoms with Crippen molar-refractivity contribution < 1.29 is 51.3 Å². The number of halogens is 3. The second-order valence-electron chi connectivity index (χ2n) is 30.7. The molecule has 4 amide bonds. The normalized spacial score (nSPS) is 22.6. The number of hydrogen-bond donors (Lipinski definition) is 0. The average molecular weight is 1600 g/mol. The highest BCUT2D eigenvalue weighted by Gasteiger charge is 2.53. The van der Waals surface area contributed by atoms with Crippen molar-refractivity contribution in [1.82, 2.24) is 114 Å². The van der Waals surface area contributed by atoms with E-state index in [1.54, 1.807) is 108 Å². The van der Waals surface area contributed by atoms with E-state index in [2.05, 4.69) is 85.2 Å². The van der Waals surface area contributed by atoms with Gasteiger partial charge in [0.05, 0.1) is 149 Å². The first-order chi connectivity index (χ1) is 57.3. The lowest BCUT2D eigenvalue weighted by Crippen LogP contribution is -2.47. The van der Waals surface area contributed by atoms with Gasteiger partial charge in [0.2, 0.25) is 23.5 Å². The van der Waals surface area contributed by atoms with Gasteiger partial charge in [0.25, 0.3) is 23.6 Å². The molecule has 8 fully saturated rings. The van der Waals surface area contributed by atoms with Gasteiger partial charge < -0.3 is 38.5 Å². The molecule has 3 aromatic carbocycles. The van der Waals surface area contributed by atoms with Gasteiger partial charge in [0, 0.05) is 62.2 Å². The van der Waals surface area contributed by atoms with E-state index in [1.165, 1.54) is 76.8 Å². The molecule has 0 N–H and O–H groups in total. The number of rotatable bonds is 16. The molecule has 31 nitrogen and oxygen atoms in total. The molecule has 0 radical (unpaired) electrons. The standard InChI is InChI=1S/2C22H20FN5O2.C20H19FN6O2.C20H21N7O2/c1-13-10-27-20(11-26-13)30-19-8-14-7-18(19)28(12-14)22(29)16-4-3-15(23)9-17(16)21-24-5-2-6-25-21;1-13-10-27-19(11-26-13)30-18-9-14-8-17(18)28(12-14)22(29)15-4-2-5-16(23)20(15)21-24-6-3-7-25-21;1-12-9-23-19(10-22-12)29-18-7-13-6-17(18)26(11-13)20(28)15-8-14(21)2-3-16(15)27-24-4-5-25-27;1-12-3-4-15(27-23-5-6-24-27)19(25-12)20(28)26-11-14-7-16(26)17(8-14)29-18-10-21-13(2)9-22-18/h2-6,9-11,14,18-19H,7-8,12H2,1H3;2-7,10-11,14,17-18H,8-9,12H2,1H3;2-5,8-10,13,17-18H,6-7,11H2,1H3;3-6,9-10,14,16-17H,7-8,11H2,1-2H3. The van der Waals surface area contributed by atoms with Crippen LogP contribution in [0.4, 0.5) is 13.2 Å². The molecular formula is C84H80F3N23O8. The smallest absolute Gasteiger partial charge is 0.275 e. The molecule has 4 aliphatic carbocycles. The Morgan fingerprint density at radius 3 is 1.15 bits per heavy atom. The number of hydrogen-bond acceptors (Lipinski definition) is 25. The molecular weight excluding hydrogens is 1520 g/mol. The second-order valence-corrected chi connectivity index (χ2v) is 30.7. The molecule has 12 atom stereocenters. The van der Waals surface area contributed by atoms with E-state index in [1.807, 2.05) is 56.6 Å². The van der Waals surface area contributed by atoms with Crippen molar-refractivity contribution in [2.45, 2.75) is 135 Å². The molecule has 4 saturated carbocycles. The quantitative estimate of drug-likeness (QED) is 0.0867. The van der Waals surface area contributed by atoms with Crippen LogP contribution in [0.3, 0.4) is 0 Å². The topological polar surface area (TPSA) is 347 Å². The van der Waals surface area contributed by atoms with E-state index in [4.69, 9.17) is 18.9 Å². The Kier molecular flexibility index (Phi) is 21.8. The lowest BCUT2D eigenvalue weighted by molar-refractivity contribution is 0.0458. The minimum atomic E-state index is -0.515. The van der Waals surface area contributed by atoms with Crippen LogP contribution in [0.25, 0.3) is 34.2 Å². The van der Waals surface area contributed by atoms with Gasteiger partial charge in [-0.1, -0.05) is 6.07 Å². The van der Waals surface area contributed by atoms with Crippen molar-refractivity contribution in [3.63, 3.8) is 0 Å². The molecule has 8 aliphatic rings. The molecule has 12 aromatic rings. The molecule has 8 bridgehead atoms. The molecule has 4 saturated heterocycles. The maximum Gasteiger partial charge on any atom is 0.275 e. The summed E-state index contributed by atoms with van der Waals surface area (Å²) in [6, 6.07) is 19.5. The van der Waals surface area contributed by atoms with E-state index in [0.717, 1.165) is 79.8 Å². The number of carbonyl (C=O) groups is 4. The van der Waals surface area contributed by atoms with Gasteiger partial charge in [-0.05, 0) is 182 Å². The summed E-state index contributed by atoms with van der Waals surface area (Å²) in [4.78, 5) is 119. The number of benzene rings is 3. The minimum Gasteiger partial charge on any atom is -0.471 e. The SMILES string of the molecule is Cc1cnc(OC2CC3CC2N(C(=O)c2cc(F)ccc2-n2nccn2)C3)cn1.Cc1cnc(OC2CC3CC2N(C(=O)c2ccc(F)cc2-c2ncccn2)C3)cn1.Cc1cnc(OC2CC3CC2N(C(=O)c2cccc(F)c2-c2ncccn2)C3)cn1.Cc1cnc(OC2CC3CC2N(C(=O)c2nc(C)ccc2-n2nccn2)C3)cn1. The van der Waals surface area contributed by atoms with Crippen LogP contribution in [0.15, 0.2) is 178 Å². The third-order valence-electron chi connectivity index (χ3n) is 22.6. The Hall–Kier alpha value is -13.6. The third-order valence-corrected chi connectivity index (χ3v) is 22.6. The van der Waals surface area contributed by atoms with E-state index < -0.39 is 17.5 Å². The van der Waals surface area contributed by atoms with E-state index >= 15 is 0 Å². The Balaban J connectivity index is 0.000000113. The number of aromatic nitrogens is 19. The van der Waals surface area contributed by atoms with Gasteiger partial charge in [-0.3, -0.25) is 39.1 Å². The van der Waals surface area contributed by atoms with E-state index in [0.29, 0.717) is 107 Å². The lowest BCUT2D eigenvalue weighted by atomic mass is 10.0. The summed E-state index contributed by atoms with van der Waals surface area (Å²) < 4.78 is 66.8. The van der Waals surface area contributed by atoms with Crippen LogP contribution in [0.1, 0.15) is 121 Å². The van der Waals surface area contributed by atoms with Crippen molar-refractivity contribution in [2.24, 2.45) is 23.7 Å². The number of nitrogens with zero attached hydrogens (tertiary/aromatic N) is 23. The maximum atomic E-state index is 14.7. The average Bonchev–Trinajstić information content (AvgIpc) is 1.61. The fraction of sp³-hybridized carbons (Fsp3) is 0.345. The zero-order valence-corrected chi connectivity index (χ0v) is 64.8. The number of aryl methyl sites for hydroxylation is 5. The number of amides is 4. The van der Waals surface area contributed by atoms with Crippen LogP contribution < -0.4 is 18.9 Å². The van der Waals surface area contributed by atoms with Gasteiger partial charge in [-0.15, -0.1) is 4.80 Å². The Morgan fingerprint density at radius 1 is 0.347 bits per heavy atom. The van der Waals surface area contributed by atoms with Crippen molar-refractivity contribution in [2.75, 3.05) is 26.2 Å². The summed E-state index contributed by atoms with van der Waals surface area (Å²) in [5.41, 5.74) is 6.88. The highest BCUT2D eigenvalue weighted by atomic mass is 19.1. The molecule has 0 spiro atoms. The number of pyridine rings is 1. The van der Waals surface area contributed by atoms with Crippen LogP contribution in [-0.2, 0) is 0 Å². The molecule has 12 unspecified atom stereocenters. The molecule has 9 aromatic heterocycles. The largest absolute Gasteiger partial charge is 0.471 e. The minimum absolute atomic E-state index is 0.00338. The fourth-order valence-corrected chi connectivity index (χ4v) is 17.4. The van der Waals surface area contributed by atoms with Crippen molar-refractivity contribution >= 4 is 23.6 Å². The molecule has 4 aliphatic heterocycles. The fourth-order valence-electron chi connectivity index (χ4n) is 17.4. The first-order valence-electron chi connectivity index (χ1n) is 39.0. The second kappa shape index (κ2) is 33.3. The van der Waals surface area contributed by atoms with Gasteiger partial charge in [-0.25, -0.2) is 58.0 Å². The van der Waals surface area contributed by atoms with Crippen molar-refractivity contribution in [3.05, 3.63) is 246 Å². The number of carbonyl (C=O) groups excluding carboxylic acids is 4. The van der Waals surface area contributed by atoms with Crippen LogP contribution in [-0.4, -0.2) is 213 Å². The predicted octanol–water partition coefficient (Wildman–Crippen LogP) is 10.1. The van der Waals surface area contributed by atoms with Gasteiger partial charge >= 0.3 is 0 Å². The van der Waals surface area contributed by atoms with Crippen LogP contribution in [0.5, 0.6) is 23.5 Å². The zero-order valence-electron chi connectivity index (χ0n) is 64.8. The van der Waals surface area contributed by atoms with Crippen LogP contribution >= 0.6 is 0 Å². The zero-order chi connectivity index (χ0) is 81.2. The van der Waals surface area contributed by atoms with Crippen LogP contribution in [0, 0.1) is 75.7 Å². The summed E-state index contributed by atoms with van der Waals surface area (Å²) in [6.45, 7) is 12.0. The monoisotopic (exact) mass is 1600 g/mol. The van der Waals surface area contributed by atoms with Crippen LogP contribution in [0.2, 0.25) is 0 Å². The van der Waals surface area contributed by atoms with Gasteiger partial charge in [0.1, 0.15) is 47.6 Å². The Bertz CT molecular complexity index is 5440. The number of ether oxygens (including phenoxy) is 4. The van der Waals surface area contributed by atoms with E-state index in [9.17, 15) is 32.3 Å². The van der Waals surface area contributed by atoms with Crippen molar-refractivity contribution in [3.8, 4) is 57.7 Å². The van der Waals surface area contributed by atoms with E-state index in [-0.39, 0.29) is 94.7 Å². The summed E-state index contributed by atoms with van der Waals surface area (Å²) in [5.74, 6) is 1.72. The van der Waals surface area contributed by atoms with Crippen molar-refractivity contribution in [1.29, 1.82) is 0 Å². The predicted molar refractivity (Wildman–Crippen MR) is 415 cm³/mol. The lowest BCUT2D eigenvalue weighted by Gasteiger charge is -2.33. The number of fused-ring (bicyclic) bond motifs is 8. The molecule has 13 heterocycles.